The zero-order valence-corrected chi connectivity index (χ0v) is 32.8. The lowest BCUT2D eigenvalue weighted by atomic mass is 9.93. The van der Waals surface area contributed by atoms with Gasteiger partial charge in [0.15, 0.2) is 5.82 Å². The summed E-state index contributed by atoms with van der Waals surface area (Å²) in [6, 6.07) is 69.6. The Bertz CT molecular complexity index is 3450. The second-order valence-electron chi connectivity index (χ2n) is 15.7. The number of rotatable bonds is 6. The molecule has 0 aliphatic heterocycles. The van der Waals surface area contributed by atoms with Crippen molar-refractivity contribution in [1.82, 2.24) is 19.1 Å². The summed E-state index contributed by atoms with van der Waals surface area (Å²) >= 11 is 0. The van der Waals surface area contributed by atoms with Crippen LogP contribution in [0.5, 0.6) is 0 Å². The summed E-state index contributed by atoms with van der Waals surface area (Å²) in [5, 5.41) is 5.01. The molecule has 0 bridgehead atoms. The molecule has 8 aromatic carbocycles. The van der Waals surface area contributed by atoms with Crippen molar-refractivity contribution >= 4 is 49.7 Å². The van der Waals surface area contributed by atoms with Crippen molar-refractivity contribution in [3.05, 3.63) is 211 Å². The first-order chi connectivity index (χ1) is 29.8. The fraction of sp³-hybridized carbons (Fsp3) is 0.0357. The molecular formula is C56H38N4. The standard InChI is InChI=1S/C56H38N4/c1-4-16-37(17-5-1)38-28-30-40(31-29-38)48-36-47(39-18-6-2-7-19-39)57-56(58-48)42-34-41-20-10-11-23-44(41)53(35-42)60-50-27-15-13-25-46(50)55-52(60)33-32-51-54(55)45-24-12-14-26-49(45)59(51)43-21-8-3-9-22-43/h1-9,11-19,21-36H,10,20H2. The summed E-state index contributed by atoms with van der Waals surface area (Å²) in [5.74, 6) is 0.714. The molecule has 3 heterocycles. The molecule has 0 saturated heterocycles. The lowest BCUT2D eigenvalue weighted by molar-refractivity contribution is 0.976. The predicted molar refractivity (Wildman–Crippen MR) is 250 cm³/mol. The molecule has 0 spiro atoms. The van der Waals surface area contributed by atoms with Gasteiger partial charge in [-0.2, -0.15) is 0 Å². The Morgan fingerprint density at radius 3 is 1.58 bits per heavy atom. The molecule has 3 aromatic heterocycles. The van der Waals surface area contributed by atoms with E-state index in [-0.39, 0.29) is 0 Å². The normalized spacial score (nSPS) is 12.5. The van der Waals surface area contributed by atoms with Crippen molar-refractivity contribution in [2.24, 2.45) is 0 Å². The van der Waals surface area contributed by atoms with E-state index in [0.717, 1.165) is 52.3 Å². The van der Waals surface area contributed by atoms with Gasteiger partial charge in [0.1, 0.15) is 0 Å². The molecule has 282 valence electrons. The highest BCUT2D eigenvalue weighted by Gasteiger charge is 2.23. The predicted octanol–water partition coefficient (Wildman–Crippen LogP) is 14.3. The summed E-state index contributed by atoms with van der Waals surface area (Å²) in [4.78, 5) is 10.7. The number of nitrogens with zero attached hydrogens (tertiary/aromatic N) is 4. The van der Waals surface area contributed by atoms with Crippen LogP contribution in [0.25, 0.3) is 106 Å². The minimum atomic E-state index is 0.714. The number of benzene rings is 8. The first kappa shape index (κ1) is 34.2. The lowest BCUT2D eigenvalue weighted by Crippen LogP contribution is -2.05. The van der Waals surface area contributed by atoms with Gasteiger partial charge < -0.3 is 9.13 Å². The van der Waals surface area contributed by atoms with Crippen LogP contribution < -0.4 is 0 Å². The fourth-order valence-corrected chi connectivity index (χ4v) is 9.43. The first-order valence-electron chi connectivity index (χ1n) is 20.7. The molecule has 0 unspecified atom stereocenters. The molecule has 4 heteroatoms. The monoisotopic (exact) mass is 766 g/mol. The Hall–Kier alpha value is -7.82. The topological polar surface area (TPSA) is 35.6 Å². The highest BCUT2D eigenvalue weighted by Crippen LogP contribution is 2.44. The maximum absolute atomic E-state index is 5.36. The molecule has 0 saturated carbocycles. The molecule has 11 aromatic rings. The van der Waals surface area contributed by atoms with E-state index in [2.05, 4.69) is 215 Å². The maximum Gasteiger partial charge on any atom is 0.160 e. The number of hydrogen-bond acceptors (Lipinski definition) is 2. The van der Waals surface area contributed by atoms with Crippen molar-refractivity contribution in [1.29, 1.82) is 0 Å². The highest BCUT2D eigenvalue weighted by molar-refractivity contribution is 6.29. The molecule has 1 aliphatic rings. The Morgan fingerprint density at radius 1 is 0.400 bits per heavy atom. The quantitative estimate of drug-likeness (QED) is 0.169. The van der Waals surface area contributed by atoms with Crippen molar-refractivity contribution in [3.8, 4) is 56.4 Å². The lowest BCUT2D eigenvalue weighted by Gasteiger charge is -2.20. The van der Waals surface area contributed by atoms with Gasteiger partial charge in [-0.3, -0.25) is 0 Å². The Morgan fingerprint density at radius 2 is 0.917 bits per heavy atom. The zero-order valence-electron chi connectivity index (χ0n) is 32.8. The summed E-state index contributed by atoms with van der Waals surface area (Å²) in [6.45, 7) is 0. The van der Waals surface area contributed by atoms with E-state index < -0.39 is 0 Å². The van der Waals surface area contributed by atoms with E-state index in [4.69, 9.17) is 9.97 Å². The molecule has 60 heavy (non-hydrogen) atoms. The van der Waals surface area contributed by atoms with Gasteiger partial charge in [0.25, 0.3) is 0 Å². The van der Waals surface area contributed by atoms with Crippen LogP contribution in [0, 0.1) is 0 Å². The van der Waals surface area contributed by atoms with Gasteiger partial charge in [-0.15, -0.1) is 0 Å². The van der Waals surface area contributed by atoms with Gasteiger partial charge in [-0.1, -0.05) is 152 Å². The van der Waals surface area contributed by atoms with Crippen molar-refractivity contribution in [2.75, 3.05) is 0 Å². The fourth-order valence-electron chi connectivity index (χ4n) is 9.43. The zero-order chi connectivity index (χ0) is 39.6. The molecule has 0 N–H and O–H groups in total. The van der Waals surface area contributed by atoms with E-state index in [0.29, 0.717) is 5.82 Å². The second kappa shape index (κ2) is 13.9. The SMILES string of the molecule is C1=Cc2c(cc(-c3nc(-c4ccccc4)cc(-c4ccc(-c5ccccc5)cc4)n3)cc2-n2c3ccccc3c3c4c5ccccc5n(-c5ccccc5)c4ccc32)CC1. The van der Waals surface area contributed by atoms with E-state index >= 15 is 0 Å². The minimum Gasteiger partial charge on any atom is -0.309 e. The van der Waals surface area contributed by atoms with Crippen LogP contribution in [-0.4, -0.2) is 19.1 Å². The van der Waals surface area contributed by atoms with Crippen LogP contribution in [0.2, 0.25) is 0 Å². The summed E-state index contributed by atoms with van der Waals surface area (Å²) in [6.07, 6.45) is 6.57. The van der Waals surface area contributed by atoms with Crippen molar-refractivity contribution < 1.29 is 0 Å². The Kier molecular flexibility index (Phi) is 7.95. The second-order valence-corrected chi connectivity index (χ2v) is 15.7. The van der Waals surface area contributed by atoms with Gasteiger partial charge >= 0.3 is 0 Å². The van der Waals surface area contributed by atoms with Crippen LogP contribution in [0.15, 0.2) is 200 Å². The van der Waals surface area contributed by atoms with E-state index in [1.54, 1.807) is 0 Å². The third-order valence-electron chi connectivity index (χ3n) is 12.2. The smallest absolute Gasteiger partial charge is 0.160 e. The van der Waals surface area contributed by atoms with Crippen LogP contribution >= 0.6 is 0 Å². The number of aromatic nitrogens is 4. The van der Waals surface area contributed by atoms with Crippen LogP contribution in [0.3, 0.4) is 0 Å². The van der Waals surface area contributed by atoms with E-state index in [1.165, 1.54) is 65.9 Å². The minimum absolute atomic E-state index is 0.714. The highest BCUT2D eigenvalue weighted by atomic mass is 15.0. The summed E-state index contributed by atoms with van der Waals surface area (Å²) in [7, 11) is 0. The molecular weight excluding hydrogens is 729 g/mol. The number of para-hydroxylation sites is 3. The molecule has 4 nitrogen and oxygen atoms in total. The molecule has 0 amide bonds. The molecule has 0 radical (unpaired) electrons. The molecule has 0 fully saturated rings. The van der Waals surface area contributed by atoms with E-state index in [1.807, 2.05) is 0 Å². The summed E-state index contributed by atoms with van der Waals surface area (Å²) < 4.78 is 4.90. The third kappa shape index (κ3) is 5.53. The average Bonchev–Trinajstić information content (AvgIpc) is 3.85. The molecule has 12 rings (SSSR count). The summed E-state index contributed by atoms with van der Waals surface area (Å²) in [5.41, 5.74) is 16.9. The van der Waals surface area contributed by atoms with E-state index in [9.17, 15) is 0 Å². The molecule has 0 atom stereocenters. The number of aryl methyl sites for hydroxylation is 1. The number of allylic oxidation sites excluding steroid dienone is 1. The van der Waals surface area contributed by atoms with Gasteiger partial charge in [0.2, 0.25) is 0 Å². The van der Waals surface area contributed by atoms with Crippen LogP contribution in [-0.2, 0) is 6.42 Å². The van der Waals surface area contributed by atoms with Crippen molar-refractivity contribution in [3.63, 3.8) is 0 Å². The largest absolute Gasteiger partial charge is 0.309 e. The van der Waals surface area contributed by atoms with Crippen molar-refractivity contribution in [2.45, 2.75) is 12.8 Å². The van der Waals surface area contributed by atoms with Crippen LogP contribution in [0.4, 0.5) is 0 Å². The van der Waals surface area contributed by atoms with Gasteiger partial charge in [-0.05, 0) is 84.1 Å². The maximum atomic E-state index is 5.36. The Labute approximate surface area is 348 Å². The Balaban J connectivity index is 1.10. The number of hydrogen-bond donors (Lipinski definition) is 0. The van der Waals surface area contributed by atoms with Crippen LogP contribution in [0.1, 0.15) is 17.5 Å². The third-order valence-corrected chi connectivity index (χ3v) is 12.2. The average molecular weight is 767 g/mol. The first-order valence-corrected chi connectivity index (χ1v) is 20.7. The van der Waals surface area contributed by atoms with Gasteiger partial charge in [0, 0.05) is 49.5 Å². The van der Waals surface area contributed by atoms with Gasteiger partial charge in [0.05, 0.1) is 39.1 Å². The van der Waals surface area contributed by atoms with Gasteiger partial charge in [-0.25, -0.2) is 9.97 Å². The molecule has 1 aliphatic carbocycles. The number of fused-ring (bicyclic) bond motifs is 8.